The first-order valence-electron chi connectivity index (χ1n) is 11.8. The third-order valence-electron chi connectivity index (χ3n) is 6.34. The average Bonchev–Trinajstić information content (AvgIpc) is 3.35. The van der Waals surface area contributed by atoms with Crippen LogP contribution in [0.25, 0.3) is 11.0 Å². The molecule has 5 rings (SSSR count). The molecule has 0 saturated heterocycles. The number of methoxy groups -OCH3 is 1. The van der Waals surface area contributed by atoms with E-state index in [2.05, 4.69) is 20.3 Å². The van der Waals surface area contributed by atoms with Crippen molar-refractivity contribution in [3.63, 3.8) is 0 Å². The largest absolute Gasteiger partial charge is 0.497 e. The van der Waals surface area contributed by atoms with Crippen LogP contribution in [-0.4, -0.2) is 34.8 Å². The van der Waals surface area contributed by atoms with E-state index in [1.165, 1.54) is 0 Å². The van der Waals surface area contributed by atoms with E-state index in [1.54, 1.807) is 19.5 Å². The Kier molecular flexibility index (Phi) is 6.75. The molecule has 3 heterocycles. The number of fused-ring (bicyclic) bond motifs is 1. The van der Waals surface area contributed by atoms with E-state index in [1.807, 2.05) is 66.7 Å². The molecule has 8 nitrogen and oxygen atoms in total. The molecule has 36 heavy (non-hydrogen) atoms. The van der Waals surface area contributed by atoms with Gasteiger partial charge in [0.05, 0.1) is 13.2 Å². The van der Waals surface area contributed by atoms with Crippen LogP contribution in [0.5, 0.6) is 5.75 Å². The summed E-state index contributed by atoms with van der Waals surface area (Å²) < 4.78 is 11.0. The van der Waals surface area contributed by atoms with Gasteiger partial charge in [-0.1, -0.05) is 42.5 Å². The van der Waals surface area contributed by atoms with Crippen molar-refractivity contribution in [3.05, 3.63) is 95.8 Å². The fraction of sp³-hybridized carbons (Fsp3) is 0.214. The van der Waals surface area contributed by atoms with Crippen LogP contribution in [0.2, 0.25) is 0 Å². The van der Waals surface area contributed by atoms with Gasteiger partial charge in [0, 0.05) is 29.1 Å². The fourth-order valence-corrected chi connectivity index (χ4v) is 4.50. The average molecular weight is 483 g/mol. The Bertz CT molecular complexity index is 1400. The number of nitrogens with one attached hydrogen (secondary N) is 2. The van der Waals surface area contributed by atoms with E-state index in [9.17, 15) is 9.59 Å². The van der Waals surface area contributed by atoms with Gasteiger partial charge in [0.2, 0.25) is 0 Å². The number of urea groups is 1. The summed E-state index contributed by atoms with van der Waals surface area (Å²) in [7, 11) is 1.62. The number of esters is 1. The molecule has 182 valence electrons. The van der Waals surface area contributed by atoms with Gasteiger partial charge < -0.3 is 19.8 Å². The molecule has 0 spiro atoms. The van der Waals surface area contributed by atoms with Gasteiger partial charge in [-0.3, -0.25) is 4.79 Å². The SMILES string of the molecule is COc1ccc(CCC2=NC(=O)NC(c3c[nH]c4ncccc34)C2C(=O)OCc2ccccc2)cc1. The quantitative estimate of drug-likeness (QED) is 0.352. The van der Waals surface area contributed by atoms with Crippen molar-refractivity contribution >= 4 is 28.7 Å². The lowest BCUT2D eigenvalue weighted by atomic mass is 9.85. The lowest BCUT2D eigenvalue weighted by molar-refractivity contribution is -0.148. The maximum absolute atomic E-state index is 13.5. The second-order valence-electron chi connectivity index (χ2n) is 8.59. The van der Waals surface area contributed by atoms with E-state index in [0.717, 1.165) is 27.8 Å². The Hall–Kier alpha value is -4.46. The molecule has 2 unspecified atom stereocenters. The maximum Gasteiger partial charge on any atom is 0.341 e. The third kappa shape index (κ3) is 4.98. The van der Waals surface area contributed by atoms with Crippen molar-refractivity contribution < 1.29 is 19.1 Å². The van der Waals surface area contributed by atoms with E-state index in [4.69, 9.17) is 9.47 Å². The number of aromatic nitrogens is 2. The molecule has 1 aliphatic rings. The number of carbonyl (C=O) groups excluding carboxylic acids is 2. The highest BCUT2D eigenvalue weighted by molar-refractivity contribution is 6.09. The molecule has 2 aromatic heterocycles. The van der Waals surface area contributed by atoms with E-state index in [0.29, 0.717) is 24.2 Å². The normalized spacial score (nSPS) is 17.4. The summed E-state index contributed by atoms with van der Waals surface area (Å²) in [6.07, 6.45) is 4.52. The standard InChI is InChI=1S/C28H26N4O4/c1-35-20-12-9-18(10-13-20)11-14-23-24(27(33)36-17-19-6-3-2-4-7-19)25(32-28(34)31-23)22-16-30-26-21(22)8-5-15-29-26/h2-10,12-13,15-16,24-25H,11,14,17H2,1H3,(H,29,30)(H,32,34). The second kappa shape index (κ2) is 10.4. The summed E-state index contributed by atoms with van der Waals surface area (Å²) in [6, 6.07) is 19.8. The molecule has 0 radical (unpaired) electrons. The Labute approximate surface area is 208 Å². The summed E-state index contributed by atoms with van der Waals surface area (Å²) in [4.78, 5) is 37.9. The minimum absolute atomic E-state index is 0.137. The number of aromatic amines is 1. The van der Waals surface area contributed by atoms with Gasteiger partial charge in [-0.2, -0.15) is 0 Å². The zero-order valence-corrected chi connectivity index (χ0v) is 19.8. The first-order valence-corrected chi connectivity index (χ1v) is 11.8. The van der Waals surface area contributed by atoms with Crippen LogP contribution in [0, 0.1) is 5.92 Å². The molecule has 8 heteroatoms. The number of amides is 2. The van der Waals surface area contributed by atoms with Gasteiger partial charge in [-0.05, 0) is 48.2 Å². The number of aryl methyl sites for hydroxylation is 1. The molecule has 2 amide bonds. The number of aliphatic imine (C=N–C) groups is 1. The fourth-order valence-electron chi connectivity index (χ4n) is 4.50. The Morgan fingerprint density at radius 1 is 0.972 bits per heavy atom. The van der Waals surface area contributed by atoms with Crippen LogP contribution in [0.4, 0.5) is 4.79 Å². The zero-order chi connectivity index (χ0) is 24.9. The first kappa shape index (κ1) is 23.3. The predicted molar refractivity (Wildman–Crippen MR) is 136 cm³/mol. The van der Waals surface area contributed by atoms with Crippen molar-refractivity contribution in [2.45, 2.75) is 25.5 Å². The Morgan fingerprint density at radius 2 is 1.78 bits per heavy atom. The highest BCUT2D eigenvalue weighted by Crippen LogP contribution is 2.33. The summed E-state index contributed by atoms with van der Waals surface area (Å²) in [5, 5.41) is 3.73. The van der Waals surface area contributed by atoms with E-state index < -0.39 is 24.0 Å². The van der Waals surface area contributed by atoms with Gasteiger partial charge in [0.25, 0.3) is 0 Å². The minimum Gasteiger partial charge on any atom is -0.497 e. The van der Waals surface area contributed by atoms with Crippen molar-refractivity contribution in [1.29, 1.82) is 0 Å². The molecular formula is C28H26N4O4. The lowest BCUT2D eigenvalue weighted by Gasteiger charge is -2.30. The van der Waals surface area contributed by atoms with Gasteiger partial charge in [0.1, 0.15) is 23.9 Å². The van der Waals surface area contributed by atoms with Crippen molar-refractivity contribution in [2.24, 2.45) is 10.9 Å². The van der Waals surface area contributed by atoms with Crippen molar-refractivity contribution in [3.8, 4) is 5.75 Å². The Balaban J connectivity index is 1.44. The van der Waals surface area contributed by atoms with Crippen LogP contribution in [-0.2, 0) is 22.6 Å². The summed E-state index contributed by atoms with van der Waals surface area (Å²) in [5.41, 5.74) is 3.88. The minimum atomic E-state index is -0.774. The number of rotatable bonds is 8. The number of pyridine rings is 1. The molecule has 2 N–H and O–H groups in total. The molecule has 0 bridgehead atoms. The zero-order valence-electron chi connectivity index (χ0n) is 19.8. The van der Waals surface area contributed by atoms with Crippen LogP contribution < -0.4 is 10.1 Å². The lowest BCUT2D eigenvalue weighted by Crippen LogP contribution is -2.45. The topological polar surface area (TPSA) is 106 Å². The van der Waals surface area contributed by atoms with Crippen LogP contribution in [0.15, 0.2) is 84.1 Å². The second-order valence-corrected chi connectivity index (χ2v) is 8.59. The van der Waals surface area contributed by atoms with Crippen LogP contribution in [0.3, 0.4) is 0 Å². The molecule has 2 aromatic carbocycles. The number of hydrogen-bond acceptors (Lipinski definition) is 5. The van der Waals surface area contributed by atoms with Gasteiger partial charge in [-0.15, -0.1) is 0 Å². The third-order valence-corrected chi connectivity index (χ3v) is 6.34. The van der Waals surface area contributed by atoms with Crippen LogP contribution >= 0.6 is 0 Å². The van der Waals surface area contributed by atoms with Gasteiger partial charge >= 0.3 is 12.0 Å². The number of ether oxygens (including phenoxy) is 2. The molecule has 2 atom stereocenters. The van der Waals surface area contributed by atoms with E-state index in [-0.39, 0.29) is 6.61 Å². The van der Waals surface area contributed by atoms with Gasteiger partial charge in [0.15, 0.2) is 0 Å². The number of H-pyrrole nitrogens is 1. The molecule has 0 saturated carbocycles. The highest BCUT2D eigenvalue weighted by Gasteiger charge is 2.40. The molecule has 0 aliphatic carbocycles. The van der Waals surface area contributed by atoms with E-state index >= 15 is 0 Å². The summed E-state index contributed by atoms with van der Waals surface area (Å²) >= 11 is 0. The van der Waals surface area contributed by atoms with Gasteiger partial charge in [-0.25, -0.2) is 14.8 Å². The number of benzene rings is 2. The number of hydrogen-bond donors (Lipinski definition) is 2. The van der Waals surface area contributed by atoms with Crippen molar-refractivity contribution in [2.75, 3.05) is 7.11 Å². The first-order chi connectivity index (χ1) is 17.6. The molecular weight excluding hydrogens is 456 g/mol. The molecule has 4 aromatic rings. The van der Waals surface area contributed by atoms with Crippen molar-refractivity contribution in [1.82, 2.24) is 15.3 Å². The molecule has 1 aliphatic heterocycles. The number of carbonyl (C=O) groups is 2. The molecule has 0 fully saturated rings. The smallest absolute Gasteiger partial charge is 0.341 e. The Morgan fingerprint density at radius 3 is 2.56 bits per heavy atom. The predicted octanol–water partition coefficient (Wildman–Crippen LogP) is 4.77. The summed E-state index contributed by atoms with van der Waals surface area (Å²) in [6.45, 7) is 0.137. The monoisotopic (exact) mass is 482 g/mol. The summed E-state index contributed by atoms with van der Waals surface area (Å²) in [5.74, 6) is -0.442. The number of nitrogens with zero attached hydrogens (tertiary/aromatic N) is 2. The highest BCUT2D eigenvalue weighted by atomic mass is 16.5. The van der Waals surface area contributed by atoms with Crippen LogP contribution in [0.1, 0.15) is 29.2 Å². The maximum atomic E-state index is 13.5.